The molecule has 0 saturated carbocycles. The molecule has 0 aliphatic carbocycles. The van der Waals surface area contributed by atoms with Gasteiger partial charge in [0.2, 0.25) is 35.3 Å². The van der Waals surface area contributed by atoms with Crippen LogP contribution in [0.3, 0.4) is 0 Å². The summed E-state index contributed by atoms with van der Waals surface area (Å²) < 4.78 is -0.593. The molecule has 0 saturated heterocycles. The molecule has 11 heavy (non-hydrogen) atoms. The lowest BCUT2D eigenvalue weighted by molar-refractivity contribution is -0.566. The van der Waals surface area contributed by atoms with Gasteiger partial charge in [-0.3, -0.25) is 0 Å². The molecular formula is C7H7Cl3N+. The van der Waals surface area contributed by atoms with E-state index in [4.69, 9.17) is 35.3 Å². The van der Waals surface area contributed by atoms with Crippen molar-refractivity contribution in [1.29, 1.82) is 0 Å². The molecule has 0 atom stereocenters. The Labute approximate surface area is 81.0 Å². The summed E-state index contributed by atoms with van der Waals surface area (Å²) in [5, 5.41) is 0. The molecule has 1 rings (SSSR count). The first-order valence-corrected chi connectivity index (χ1v) is 4.10. The third kappa shape index (κ3) is 3.82. The number of benzene rings is 1. The summed E-state index contributed by atoms with van der Waals surface area (Å²) in [6.45, 7) is 0.394. The molecule has 0 amide bonds. The van der Waals surface area contributed by atoms with Crippen LogP contribution in [-0.2, 0) is 6.54 Å². The molecule has 0 N–H and O–H groups in total. The average molecular weight is 211 g/mol. The van der Waals surface area contributed by atoms with Crippen molar-refractivity contribution in [1.82, 2.24) is 0 Å². The molecule has 0 bridgehead atoms. The van der Waals surface area contributed by atoms with Gasteiger partial charge in [0, 0.05) is 5.56 Å². The van der Waals surface area contributed by atoms with Crippen LogP contribution in [0.15, 0.2) is 30.3 Å². The van der Waals surface area contributed by atoms with Crippen LogP contribution in [0.2, 0.25) is 0 Å². The number of rotatable bonds is 2. The zero-order valence-electron chi connectivity index (χ0n) is 5.67. The molecule has 0 aliphatic rings. The molecule has 4 heteroatoms. The molecule has 0 spiro atoms. The van der Waals surface area contributed by atoms with E-state index in [1.165, 1.54) is 0 Å². The zero-order valence-corrected chi connectivity index (χ0v) is 7.94. The number of hydrogen-bond donors (Lipinski definition) is 0. The Morgan fingerprint density at radius 1 is 1.00 bits per heavy atom. The Balaban J connectivity index is 2.66. The highest BCUT2D eigenvalue weighted by Crippen LogP contribution is 2.25. The maximum Gasteiger partial charge on any atom is 0.209 e. The first kappa shape index (κ1) is 9.14. The topological polar surface area (TPSA) is 0 Å². The summed E-state index contributed by atoms with van der Waals surface area (Å²) in [6, 6.07) is 9.58. The average Bonchev–Trinajstić information content (AvgIpc) is 1.85. The van der Waals surface area contributed by atoms with Gasteiger partial charge in [-0.1, -0.05) is 30.3 Å². The van der Waals surface area contributed by atoms with Crippen molar-refractivity contribution in [3.8, 4) is 0 Å². The van der Waals surface area contributed by atoms with Gasteiger partial charge in [-0.2, -0.15) is 0 Å². The number of nitrogens with zero attached hydrogens (tertiary/aromatic N) is 1. The second kappa shape index (κ2) is 3.63. The first-order valence-electron chi connectivity index (χ1n) is 3.09. The second-order valence-electron chi connectivity index (χ2n) is 2.19. The fourth-order valence-corrected chi connectivity index (χ4v) is 1.20. The quantitative estimate of drug-likeness (QED) is 0.657. The molecule has 1 aromatic rings. The molecule has 0 radical (unpaired) electrons. The zero-order chi connectivity index (χ0) is 8.32. The lowest BCUT2D eigenvalue weighted by Gasteiger charge is -2.06. The molecular weight excluding hydrogens is 204 g/mol. The van der Waals surface area contributed by atoms with Crippen LogP contribution in [0.4, 0.5) is 0 Å². The van der Waals surface area contributed by atoms with Crippen LogP contribution in [0.1, 0.15) is 5.56 Å². The van der Waals surface area contributed by atoms with Crippen molar-refractivity contribution in [2.75, 3.05) is 0 Å². The Bertz CT molecular complexity index is 217. The van der Waals surface area contributed by atoms with E-state index < -0.39 is 3.04 Å². The van der Waals surface area contributed by atoms with E-state index in [1.54, 1.807) is 0 Å². The van der Waals surface area contributed by atoms with Gasteiger partial charge in [-0.15, -0.1) is 0 Å². The Kier molecular flexibility index (Phi) is 3.02. The largest absolute Gasteiger partial charge is 0.209 e. The number of quaternary nitrogens is 1. The van der Waals surface area contributed by atoms with Crippen molar-refractivity contribution < 1.29 is 3.04 Å². The number of hydrogen-bond acceptors (Lipinski definition) is 0. The maximum absolute atomic E-state index is 5.54. The van der Waals surface area contributed by atoms with Gasteiger partial charge in [-0.25, -0.2) is 0 Å². The summed E-state index contributed by atoms with van der Waals surface area (Å²) in [7, 11) is 0. The van der Waals surface area contributed by atoms with Gasteiger partial charge in [0.05, 0.1) is 0 Å². The Morgan fingerprint density at radius 2 is 1.55 bits per heavy atom. The van der Waals surface area contributed by atoms with Crippen molar-refractivity contribution in [2.45, 2.75) is 6.54 Å². The summed E-state index contributed by atoms with van der Waals surface area (Å²) >= 11 is 16.6. The molecule has 1 nitrogen and oxygen atoms in total. The van der Waals surface area contributed by atoms with Crippen LogP contribution in [0.25, 0.3) is 0 Å². The van der Waals surface area contributed by atoms with E-state index in [-0.39, 0.29) is 0 Å². The standard InChI is InChI=1S/C7H7Cl3N/c8-11(9,10)6-7-4-2-1-3-5-7/h1-5H,6H2/q+1. The lowest BCUT2D eigenvalue weighted by atomic mass is 10.2. The summed E-state index contributed by atoms with van der Waals surface area (Å²) in [5.41, 5.74) is 1.01. The van der Waals surface area contributed by atoms with Crippen molar-refractivity contribution in [3.63, 3.8) is 0 Å². The molecule has 0 aromatic heterocycles. The van der Waals surface area contributed by atoms with Crippen molar-refractivity contribution in [3.05, 3.63) is 35.9 Å². The Hall–Kier alpha value is 0.0500. The summed E-state index contributed by atoms with van der Waals surface area (Å²) in [4.78, 5) is 0. The fourth-order valence-electron chi connectivity index (χ4n) is 0.790. The van der Waals surface area contributed by atoms with Gasteiger partial charge < -0.3 is 0 Å². The Morgan fingerprint density at radius 3 is 2.00 bits per heavy atom. The van der Waals surface area contributed by atoms with Crippen LogP contribution < -0.4 is 0 Å². The van der Waals surface area contributed by atoms with Crippen LogP contribution in [-0.4, -0.2) is 3.04 Å². The normalized spacial score (nSPS) is 11.5. The SMILES string of the molecule is Cl[N+](Cl)(Cl)Cc1ccccc1. The third-order valence-corrected chi connectivity index (χ3v) is 1.56. The molecule has 1 aromatic carbocycles. The van der Waals surface area contributed by atoms with Crippen molar-refractivity contribution in [2.24, 2.45) is 0 Å². The predicted molar refractivity (Wildman–Crippen MR) is 48.0 cm³/mol. The summed E-state index contributed by atoms with van der Waals surface area (Å²) in [5.74, 6) is 0. The summed E-state index contributed by atoms with van der Waals surface area (Å²) in [6.07, 6.45) is 0. The molecule has 0 fully saturated rings. The number of halogens is 3. The lowest BCUT2D eigenvalue weighted by Crippen LogP contribution is -2.11. The fraction of sp³-hybridized carbons (Fsp3) is 0.143. The second-order valence-corrected chi connectivity index (χ2v) is 4.44. The van der Waals surface area contributed by atoms with Gasteiger partial charge >= 0.3 is 0 Å². The van der Waals surface area contributed by atoms with Crippen LogP contribution in [0.5, 0.6) is 0 Å². The highest BCUT2D eigenvalue weighted by atomic mass is 35.6. The van der Waals surface area contributed by atoms with E-state index >= 15 is 0 Å². The monoisotopic (exact) mass is 210 g/mol. The van der Waals surface area contributed by atoms with E-state index in [1.807, 2.05) is 30.3 Å². The smallest absolute Gasteiger partial charge is 0.0622 e. The minimum Gasteiger partial charge on any atom is -0.0622 e. The van der Waals surface area contributed by atoms with Gasteiger partial charge in [-0.05, 0) is 3.04 Å². The van der Waals surface area contributed by atoms with E-state index in [9.17, 15) is 0 Å². The van der Waals surface area contributed by atoms with Crippen LogP contribution in [0, 0.1) is 0 Å². The molecule has 0 unspecified atom stereocenters. The van der Waals surface area contributed by atoms with E-state index in [2.05, 4.69) is 0 Å². The first-order chi connectivity index (χ1) is 5.08. The minimum absolute atomic E-state index is 0.394. The van der Waals surface area contributed by atoms with E-state index in [0.29, 0.717) is 6.54 Å². The van der Waals surface area contributed by atoms with Gasteiger partial charge in [0.15, 0.2) is 6.54 Å². The highest BCUT2D eigenvalue weighted by molar-refractivity contribution is 6.37. The molecule has 0 aliphatic heterocycles. The third-order valence-electron chi connectivity index (χ3n) is 1.20. The van der Waals surface area contributed by atoms with Gasteiger partial charge in [0.25, 0.3) is 0 Å². The maximum atomic E-state index is 5.54. The molecule has 60 valence electrons. The minimum atomic E-state index is -0.593. The van der Waals surface area contributed by atoms with Gasteiger partial charge in [0.1, 0.15) is 0 Å². The van der Waals surface area contributed by atoms with Crippen LogP contribution >= 0.6 is 35.3 Å². The van der Waals surface area contributed by atoms with Crippen molar-refractivity contribution >= 4 is 35.3 Å². The predicted octanol–water partition coefficient (Wildman–Crippen LogP) is 3.46. The molecule has 0 heterocycles. The van der Waals surface area contributed by atoms with E-state index in [0.717, 1.165) is 5.56 Å². The highest BCUT2D eigenvalue weighted by Gasteiger charge is 2.21.